The first kappa shape index (κ1) is 17.9. The number of piperidine rings is 1. The lowest BCUT2D eigenvalue weighted by molar-refractivity contribution is -0.121. The van der Waals surface area contributed by atoms with Crippen LogP contribution in [0.2, 0.25) is 0 Å². The van der Waals surface area contributed by atoms with Crippen molar-refractivity contribution in [3.63, 3.8) is 0 Å². The third kappa shape index (κ3) is 4.20. The molecule has 2 aromatic rings. The Morgan fingerprint density at radius 1 is 1.12 bits per heavy atom. The van der Waals surface area contributed by atoms with Crippen LogP contribution in [0.4, 0.5) is 5.82 Å². The van der Waals surface area contributed by atoms with Gasteiger partial charge < -0.3 is 15.0 Å². The van der Waals surface area contributed by atoms with Gasteiger partial charge in [-0.15, -0.1) is 0 Å². The van der Waals surface area contributed by atoms with E-state index >= 15 is 0 Å². The van der Waals surface area contributed by atoms with E-state index in [1.165, 1.54) is 0 Å². The van der Waals surface area contributed by atoms with Crippen LogP contribution in [0.25, 0.3) is 0 Å². The van der Waals surface area contributed by atoms with Crippen LogP contribution in [0, 0.1) is 12.8 Å². The molecule has 26 heavy (non-hydrogen) atoms. The quantitative estimate of drug-likeness (QED) is 0.917. The van der Waals surface area contributed by atoms with Crippen LogP contribution in [-0.2, 0) is 4.79 Å². The number of hydrogen-bond acceptors (Lipinski definition) is 4. The van der Waals surface area contributed by atoms with Gasteiger partial charge in [0.15, 0.2) is 0 Å². The normalized spacial score (nSPS) is 14.8. The summed E-state index contributed by atoms with van der Waals surface area (Å²) in [5, 5.41) is 2.86. The maximum Gasteiger partial charge on any atom is 0.253 e. The summed E-state index contributed by atoms with van der Waals surface area (Å²) in [6.07, 6.45) is 3.03. The predicted molar refractivity (Wildman–Crippen MR) is 99.2 cm³/mol. The van der Waals surface area contributed by atoms with Crippen LogP contribution in [0.1, 0.15) is 28.8 Å². The van der Waals surface area contributed by atoms with E-state index in [-0.39, 0.29) is 17.7 Å². The fourth-order valence-corrected chi connectivity index (χ4v) is 3.03. The summed E-state index contributed by atoms with van der Waals surface area (Å²) in [6.45, 7) is 3.10. The molecule has 1 N–H and O–H groups in total. The molecule has 3 rings (SSSR count). The van der Waals surface area contributed by atoms with Crippen LogP contribution in [-0.4, -0.2) is 41.9 Å². The van der Waals surface area contributed by atoms with Crippen LogP contribution >= 0.6 is 0 Å². The Kier molecular flexibility index (Phi) is 5.51. The number of aryl methyl sites for hydroxylation is 1. The first-order valence-corrected chi connectivity index (χ1v) is 8.73. The number of carbonyl (C=O) groups excluding carboxylic acids is 2. The number of nitrogens with zero attached hydrogens (tertiary/aromatic N) is 2. The summed E-state index contributed by atoms with van der Waals surface area (Å²) in [6, 6.07) is 10.8. The first-order chi connectivity index (χ1) is 12.6. The van der Waals surface area contributed by atoms with Crippen molar-refractivity contribution in [2.45, 2.75) is 19.8 Å². The molecule has 0 saturated carbocycles. The number of methoxy groups -OCH3 is 1. The Labute approximate surface area is 153 Å². The SMILES string of the molecule is COc1ccc(C(=O)N2CCC(C(=O)Nc3ccc(C)cn3)CC2)cc1. The Morgan fingerprint density at radius 3 is 2.38 bits per heavy atom. The van der Waals surface area contributed by atoms with E-state index < -0.39 is 0 Å². The van der Waals surface area contributed by atoms with Gasteiger partial charge >= 0.3 is 0 Å². The van der Waals surface area contributed by atoms with Gasteiger partial charge in [-0.3, -0.25) is 9.59 Å². The van der Waals surface area contributed by atoms with Crippen LogP contribution < -0.4 is 10.1 Å². The zero-order valence-corrected chi connectivity index (χ0v) is 15.1. The Morgan fingerprint density at radius 2 is 1.81 bits per heavy atom. The van der Waals surface area contributed by atoms with Crippen LogP contribution in [0.3, 0.4) is 0 Å². The topological polar surface area (TPSA) is 71.5 Å². The number of pyridine rings is 1. The highest BCUT2D eigenvalue weighted by atomic mass is 16.5. The average molecular weight is 353 g/mol. The molecule has 0 unspecified atom stereocenters. The van der Waals surface area contributed by atoms with Crippen molar-refractivity contribution in [2.24, 2.45) is 5.92 Å². The van der Waals surface area contributed by atoms with E-state index in [2.05, 4.69) is 10.3 Å². The van der Waals surface area contributed by atoms with Crippen molar-refractivity contribution in [3.8, 4) is 5.75 Å². The first-order valence-electron chi connectivity index (χ1n) is 8.73. The monoisotopic (exact) mass is 353 g/mol. The number of aromatic nitrogens is 1. The summed E-state index contributed by atoms with van der Waals surface area (Å²) >= 11 is 0. The molecule has 0 aliphatic carbocycles. The highest BCUT2D eigenvalue weighted by Gasteiger charge is 2.28. The van der Waals surface area contributed by atoms with Gasteiger partial charge in [0.25, 0.3) is 5.91 Å². The van der Waals surface area contributed by atoms with E-state index in [0.717, 1.165) is 11.3 Å². The van der Waals surface area contributed by atoms with Crippen molar-refractivity contribution in [3.05, 3.63) is 53.7 Å². The van der Waals surface area contributed by atoms with E-state index in [4.69, 9.17) is 4.74 Å². The number of carbonyl (C=O) groups is 2. The molecule has 1 aliphatic heterocycles. The highest BCUT2D eigenvalue weighted by molar-refractivity contribution is 5.95. The van der Waals surface area contributed by atoms with Crippen molar-refractivity contribution in [1.82, 2.24) is 9.88 Å². The maximum absolute atomic E-state index is 12.6. The zero-order chi connectivity index (χ0) is 18.5. The maximum atomic E-state index is 12.6. The number of likely N-dealkylation sites (tertiary alicyclic amines) is 1. The van der Waals surface area contributed by atoms with E-state index in [1.54, 1.807) is 48.5 Å². The molecule has 6 heteroatoms. The predicted octanol–water partition coefficient (Wildman–Crippen LogP) is 2.89. The van der Waals surface area contributed by atoms with Crippen molar-refractivity contribution in [2.75, 3.05) is 25.5 Å². The van der Waals surface area contributed by atoms with Gasteiger partial charge in [-0.05, 0) is 55.7 Å². The lowest BCUT2D eigenvalue weighted by Gasteiger charge is -2.31. The highest BCUT2D eigenvalue weighted by Crippen LogP contribution is 2.21. The largest absolute Gasteiger partial charge is 0.497 e. The molecule has 2 heterocycles. The van der Waals surface area contributed by atoms with Gasteiger partial charge in [-0.25, -0.2) is 4.98 Å². The molecule has 0 atom stereocenters. The minimum Gasteiger partial charge on any atom is -0.497 e. The molecule has 0 bridgehead atoms. The summed E-state index contributed by atoms with van der Waals surface area (Å²) in [7, 11) is 1.60. The lowest BCUT2D eigenvalue weighted by Crippen LogP contribution is -2.41. The molecule has 1 saturated heterocycles. The van der Waals surface area contributed by atoms with E-state index in [9.17, 15) is 9.59 Å². The minimum atomic E-state index is -0.0991. The van der Waals surface area contributed by atoms with Crippen LogP contribution in [0.5, 0.6) is 5.75 Å². The van der Waals surface area contributed by atoms with E-state index in [0.29, 0.717) is 37.3 Å². The summed E-state index contributed by atoms with van der Waals surface area (Å²) in [5.74, 6) is 1.15. The number of rotatable bonds is 4. The standard InChI is InChI=1S/C20H23N3O3/c1-14-3-8-18(21-13-14)22-19(24)15-9-11-23(12-10-15)20(25)16-4-6-17(26-2)7-5-16/h3-8,13,15H,9-12H2,1-2H3,(H,21,22,24). The van der Waals surface area contributed by atoms with Crippen molar-refractivity contribution < 1.29 is 14.3 Å². The van der Waals surface area contributed by atoms with Crippen molar-refractivity contribution >= 4 is 17.6 Å². The second-order valence-corrected chi connectivity index (χ2v) is 6.51. The number of ether oxygens (including phenoxy) is 1. The van der Waals surface area contributed by atoms with Gasteiger partial charge in [0, 0.05) is 30.8 Å². The van der Waals surface area contributed by atoms with Gasteiger partial charge in [0.1, 0.15) is 11.6 Å². The zero-order valence-electron chi connectivity index (χ0n) is 15.1. The smallest absolute Gasteiger partial charge is 0.253 e. The second-order valence-electron chi connectivity index (χ2n) is 6.51. The number of anilines is 1. The summed E-state index contributed by atoms with van der Waals surface area (Å²) < 4.78 is 5.12. The summed E-state index contributed by atoms with van der Waals surface area (Å²) in [4.78, 5) is 31.0. The molecule has 6 nitrogen and oxygen atoms in total. The molecule has 1 aliphatic rings. The molecule has 136 valence electrons. The molecule has 0 spiro atoms. The average Bonchev–Trinajstić information content (AvgIpc) is 2.69. The van der Waals surface area contributed by atoms with Gasteiger partial charge in [-0.1, -0.05) is 6.07 Å². The molecule has 2 amide bonds. The molecule has 1 aromatic carbocycles. The fraction of sp³-hybridized carbons (Fsp3) is 0.350. The number of hydrogen-bond donors (Lipinski definition) is 1. The Balaban J connectivity index is 1.53. The molecule has 0 radical (unpaired) electrons. The molecular formula is C20H23N3O3. The number of benzene rings is 1. The Hall–Kier alpha value is -2.89. The molecule has 1 aromatic heterocycles. The van der Waals surface area contributed by atoms with Gasteiger partial charge in [0.05, 0.1) is 7.11 Å². The second kappa shape index (κ2) is 7.99. The third-order valence-electron chi connectivity index (χ3n) is 4.65. The lowest BCUT2D eigenvalue weighted by atomic mass is 9.95. The minimum absolute atomic E-state index is 0.00767. The molecule has 1 fully saturated rings. The Bertz CT molecular complexity index is 764. The summed E-state index contributed by atoms with van der Waals surface area (Å²) in [5.41, 5.74) is 1.69. The van der Waals surface area contributed by atoms with E-state index in [1.807, 2.05) is 13.0 Å². The third-order valence-corrected chi connectivity index (χ3v) is 4.65. The van der Waals surface area contributed by atoms with Crippen molar-refractivity contribution in [1.29, 1.82) is 0 Å². The van der Waals surface area contributed by atoms with Crippen LogP contribution in [0.15, 0.2) is 42.6 Å². The molecular weight excluding hydrogens is 330 g/mol. The van der Waals surface area contributed by atoms with Gasteiger partial charge in [-0.2, -0.15) is 0 Å². The number of nitrogens with one attached hydrogen (secondary N) is 1. The number of amides is 2. The van der Waals surface area contributed by atoms with Gasteiger partial charge in [0.2, 0.25) is 5.91 Å². The fourth-order valence-electron chi connectivity index (χ4n) is 3.03.